The minimum absolute atomic E-state index is 0.113. The number of nitro groups is 1. The highest BCUT2D eigenvalue weighted by Gasteiger charge is 2.23. The second kappa shape index (κ2) is 11.3. The number of hydrogen-bond acceptors (Lipinski definition) is 5. The number of aryl methyl sites for hydroxylation is 1. The van der Waals surface area contributed by atoms with Crippen molar-refractivity contribution in [2.24, 2.45) is 5.92 Å². The van der Waals surface area contributed by atoms with Crippen LogP contribution in [-0.4, -0.2) is 47.9 Å². The number of carbonyl (C=O) groups excluding carboxylic acids is 2. The van der Waals surface area contributed by atoms with E-state index in [1.54, 1.807) is 4.90 Å². The van der Waals surface area contributed by atoms with Crippen LogP contribution in [0.2, 0.25) is 0 Å². The molecule has 8 nitrogen and oxygen atoms in total. The molecule has 0 aromatic heterocycles. The van der Waals surface area contributed by atoms with Gasteiger partial charge in [0.1, 0.15) is 5.75 Å². The number of benzene rings is 2. The van der Waals surface area contributed by atoms with Gasteiger partial charge in [-0.3, -0.25) is 19.7 Å². The van der Waals surface area contributed by atoms with Gasteiger partial charge in [0.15, 0.2) is 0 Å². The van der Waals surface area contributed by atoms with Gasteiger partial charge in [-0.15, -0.1) is 0 Å². The predicted molar refractivity (Wildman–Crippen MR) is 121 cm³/mol. The average molecular weight is 440 g/mol. The van der Waals surface area contributed by atoms with Gasteiger partial charge in [-0.05, 0) is 62.3 Å². The van der Waals surface area contributed by atoms with E-state index in [0.717, 1.165) is 31.4 Å². The van der Waals surface area contributed by atoms with Crippen LogP contribution in [0.25, 0.3) is 0 Å². The summed E-state index contributed by atoms with van der Waals surface area (Å²) in [6.07, 6.45) is 3.98. The summed E-state index contributed by atoms with van der Waals surface area (Å²) in [4.78, 5) is 36.8. The molecule has 0 bridgehead atoms. The van der Waals surface area contributed by atoms with Crippen molar-refractivity contribution >= 4 is 17.5 Å². The summed E-state index contributed by atoms with van der Waals surface area (Å²) in [5.74, 6) is 0.840. The van der Waals surface area contributed by atoms with Crippen molar-refractivity contribution in [3.05, 3.63) is 69.8 Å². The molecule has 1 aliphatic heterocycles. The highest BCUT2D eigenvalue weighted by atomic mass is 16.6. The number of nitrogens with zero attached hydrogens (tertiary/aromatic N) is 2. The van der Waals surface area contributed by atoms with Gasteiger partial charge in [0.05, 0.1) is 18.1 Å². The first kappa shape index (κ1) is 23.2. The Bertz CT molecular complexity index is 937. The first-order valence-electron chi connectivity index (χ1n) is 11.0. The van der Waals surface area contributed by atoms with Crippen LogP contribution in [0.4, 0.5) is 5.69 Å². The lowest BCUT2D eigenvalue weighted by atomic mass is 9.90. The monoisotopic (exact) mass is 439 g/mol. The van der Waals surface area contributed by atoms with Gasteiger partial charge in [-0.25, -0.2) is 0 Å². The van der Waals surface area contributed by atoms with E-state index in [-0.39, 0.29) is 23.7 Å². The number of non-ortho nitro benzene ring substituents is 1. The molecule has 0 atom stereocenters. The number of ether oxygens (including phenoxy) is 1. The molecule has 1 heterocycles. The number of likely N-dealkylation sites (tertiary alicyclic amines) is 1. The first-order chi connectivity index (χ1) is 15.5. The fraction of sp³-hybridized carbons (Fsp3) is 0.417. The third-order valence-corrected chi connectivity index (χ3v) is 5.76. The van der Waals surface area contributed by atoms with E-state index in [1.807, 2.05) is 19.1 Å². The Hall–Kier alpha value is -3.42. The molecule has 0 aliphatic carbocycles. The number of nitro benzene ring substituents is 1. The summed E-state index contributed by atoms with van der Waals surface area (Å²) in [5.41, 5.74) is 1.30. The highest BCUT2D eigenvalue weighted by Crippen LogP contribution is 2.23. The third kappa shape index (κ3) is 6.54. The lowest BCUT2D eigenvalue weighted by Gasteiger charge is -2.32. The van der Waals surface area contributed by atoms with E-state index >= 15 is 0 Å². The summed E-state index contributed by atoms with van der Waals surface area (Å²) >= 11 is 0. The van der Waals surface area contributed by atoms with Crippen LogP contribution in [0.15, 0.2) is 48.5 Å². The van der Waals surface area contributed by atoms with Gasteiger partial charge >= 0.3 is 0 Å². The number of amides is 2. The van der Waals surface area contributed by atoms with Gasteiger partial charge < -0.3 is 15.0 Å². The van der Waals surface area contributed by atoms with Crippen molar-refractivity contribution in [3.63, 3.8) is 0 Å². The van der Waals surface area contributed by atoms with Gasteiger partial charge in [0.2, 0.25) is 5.91 Å². The second-order valence-corrected chi connectivity index (χ2v) is 7.93. The maximum absolute atomic E-state index is 12.5. The summed E-state index contributed by atoms with van der Waals surface area (Å²) < 4.78 is 5.47. The minimum Gasteiger partial charge on any atom is -0.494 e. The standard InChI is InChI=1S/C24H29N3O5/c1-2-32-22-10-8-18(9-11-22)6-7-19-12-14-26(15-13-19)23(28)17-25-24(29)20-4-3-5-21(16-20)27(30)31/h3-5,8-11,16,19H,2,6-7,12-15,17H2,1H3,(H,25,29). The molecular formula is C24H29N3O5. The zero-order valence-electron chi connectivity index (χ0n) is 18.3. The zero-order valence-corrected chi connectivity index (χ0v) is 18.3. The lowest BCUT2D eigenvalue weighted by molar-refractivity contribution is -0.384. The molecule has 0 saturated carbocycles. The smallest absolute Gasteiger partial charge is 0.270 e. The molecule has 170 valence electrons. The molecule has 0 unspecified atom stereocenters. The number of nitrogens with one attached hydrogen (secondary N) is 1. The van der Waals surface area contributed by atoms with Gasteiger partial charge in [0, 0.05) is 30.8 Å². The van der Waals surface area contributed by atoms with Crippen molar-refractivity contribution in [3.8, 4) is 5.75 Å². The van der Waals surface area contributed by atoms with Crippen LogP contribution >= 0.6 is 0 Å². The summed E-state index contributed by atoms with van der Waals surface area (Å²) in [6, 6.07) is 13.7. The fourth-order valence-corrected chi connectivity index (χ4v) is 3.89. The summed E-state index contributed by atoms with van der Waals surface area (Å²) in [5, 5.41) is 13.4. The van der Waals surface area contributed by atoms with Crippen molar-refractivity contribution in [1.29, 1.82) is 0 Å². The molecule has 0 radical (unpaired) electrons. The van der Waals surface area contributed by atoms with E-state index in [9.17, 15) is 19.7 Å². The van der Waals surface area contributed by atoms with Crippen LogP contribution in [-0.2, 0) is 11.2 Å². The SMILES string of the molecule is CCOc1ccc(CCC2CCN(C(=O)CNC(=O)c3cccc([N+](=O)[O-])c3)CC2)cc1. The first-order valence-corrected chi connectivity index (χ1v) is 11.0. The highest BCUT2D eigenvalue weighted by molar-refractivity contribution is 5.96. The van der Waals surface area contributed by atoms with Crippen LogP contribution < -0.4 is 10.1 Å². The fourth-order valence-electron chi connectivity index (χ4n) is 3.89. The number of rotatable bonds is 9. The average Bonchev–Trinajstić information content (AvgIpc) is 2.82. The lowest BCUT2D eigenvalue weighted by Crippen LogP contribution is -2.44. The normalized spacial score (nSPS) is 14.1. The molecular weight excluding hydrogens is 410 g/mol. The molecule has 1 saturated heterocycles. The van der Waals surface area contributed by atoms with Crippen molar-refractivity contribution in [1.82, 2.24) is 10.2 Å². The van der Waals surface area contributed by atoms with Gasteiger partial charge in [-0.2, -0.15) is 0 Å². The van der Waals surface area contributed by atoms with E-state index in [2.05, 4.69) is 17.4 Å². The van der Waals surface area contributed by atoms with Crippen LogP contribution in [0.1, 0.15) is 42.1 Å². The van der Waals surface area contributed by atoms with E-state index in [0.29, 0.717) is 25.6 Å². The number of piperidine rings is 1. The topological polar surface area (TPSA) is 102 Å². The molecule has 2 aromatic carbocycles. The second-order valence-electron chi connectivity index (χ2n) is 7.93. The molecule has 1 aliphatic rings. The summed E-state index contributed by atoms with van der Waals surface area (Å²) in [6.45, 7) is 3.88. The predicted octanol–water partition coefficient (Wildman–Crippen LogP) is 3.59. The Morgan fingerprint density at radius 3 is 2.53 bits per heavy atom. The van der Waals surface area contributed by atoms with Crippen LogP contribution in [0, 0.1) is 16.0 Å². The third-order valence-electron chi connectivity index (χ3n) is 5.76. The molecule has 8 heteroatoms. The molecule has 2 amide bonds. The van der Waals surface area contributed by atoms with Crippen molar-refractivity contribution < 1.29 is 19.2 Å². The number of carbonyl (C=O) groups is 2. The Balaban J connectivity index is 1.39. The molecule has 3 rings (SSSR count). The minimum atomic E-state index is -0.554. The molecule has 1 N–H and O–H groups in total. The summed E-state index contributed by atoms with van der Waals surface area (Å²) in [7, 11) is 0. The molecule has 2 aromatic rings. The maximum Gasteiger partial charge on any atom is 0.270 e. The Morgan fingerprint density at radius 1 is 1.16 bits per heavy atom. The van der Waals surface area contributed by atoms with Gasteiger partial charge in [-0.1, -0.05) is 18.2 Å². The van der Waals surface area contributed by atoms with E-state index in [4.69, 9.17) is 4.74 Å². The van der Waals surface area contributed by atoms with Crippen molar-refractivity contribution in [2.45, 2.75) is 32.6 Å². The molecule has 1 fully saturated rings. The quantitative estimate of drug-likeness (QED) is 0.475. The largest absolute Gasteiger partial charge is 0.494 e. The van der Waals surface area contributed by atoms with E-state index < -0.39 is 10.8 Å². The van der Waals surface area contributed by atoms with E-state index in [1.165, 1.54) is 29.8 Å². The Labute approximate surface area is 187 Å². The van der Waals surface area contributed by atoms with Crippen molar-refractivity contribution in [2.75, 3.05) is 26.2 Å². The van der Waals surface area contributed by atoms with Crippen LogP contribution in [0.5, 0.6) is 5.75 Å². The Morgan fingerprint density at radius 2 is 1.88 bits per heavy atom. The van der Waals surface area contributed by atoms with Crippen LogP contribution in [0.3, 0.4) is 0 Å². The zero-order chi connectivity index (χ0) is 22.9. The number of hydrogen-bond donors (Lipinski definition) is 1. The Kier molecular flexibility index (Phi) is 8.19. The molecule has 0 spiro atoms. The molecule has 32 heavy (non-hydrogen) atoms. The maximum atomic E-state index is 12.5. The van der Waals surface area contributed by atoms with Gasteiger partial charge in [0.25, 0.3) is 11.6 Å².